The lowest BCUT2D eigenvalue weighted by molar-refractivity contribution is -0.145. The van der Waals surface area contributed by atoms with Crippen molar-refractivity contribution in [3.05, 3.63) is 0 Å². The maximum absolute atomic E-state index is 11.0. The summed E-state index contributed by atoms with van der Waals surface area (Å²) in [7, 11) is 0. The highest BCUT2D eigenvalue weighted by Crippen LogP contribution is 2.10. The lowest BCUT2D eigenvalue weighted by atomic mass is 10.0. The average Bonchev–Trinajstić information content (AvgIpc) is 2.17. The van der Waals surface area contributed by atoms with Crippen LogP contribution in [0.15, 0.2) is 0 Å². The Morgan fingerprint density at radius 2 is 2.46 bits per heavy atom. The van der Waals surface area contributed by atoms with Crippen LogP contribution in [0.5, 0.6) is 0 Å². The molecule has 1 saturated heterocycles. The third-order valence-corrected chi connectivity index (χ3v) is 2.33. The second-order valence-corrected chi connectivity index (χ2v) is 3.65. The number of hydrogen-bond acceptors (Lipinski definition) is 3. The molecule has 0 saturated carbocycles. The van der Waals surface area contributed by atoms with Crippen molar-refractivity contribution in [3.63, 3.8) is 0 Å². The van der Waals surface area contributed by atoms with E-state index in [1.54, 1.807) is 0 Å². The van der Waals surface area contributed by atoms with Gasteiger partial charge in [0, 0.05) is 18.9 Å². The van der Waals surface area contributed by atoms with E-state index >= 15 is 0 Å². The van der Waals surface area contributed by atoms with Crippen LogP contribution in [0.25, 0.3) is 0 Å². The summed E-state index contributed by atoms with van der Waals surface area (Å²) in [5.74, 6) is 0.489. The van der Waals surface area contributed by atoms with E-state index in [9.17, 15) is 4.79 Å². The molecule has 3 heteroatoms. The monoisotopic (exact) mass is 185 g/mol. The van der Waals surface area contributed by atoms with Crippen LogP contribution in [0.1, 0.15) is 32.6 Å². The molecule has 13 heavy (non-hydrogen) atoms. The van der Waals surface area contributed by atoms with Crippen LogP contribution in [-0.2, 0) is 9.53 Å². The number of piperidine rings is 1. The van der Waals surface area contributed by atoms with Crippen molar-refractivity contribution in [1.82, 2.24) is 5.32 Å². The highest BCUT2D eigenvalue weighted by Gasteiger charge is 2.14. The summed E-state index contributed by atoms with van der Waals surface area (Å²) in [5.41, 5.74) is 0. The normalized spacial score (nSPS) is 22.7. The summed E-state index contributed by atoms with van der Waals surface area (Å²) in [5, 5.41) is 3.30. The summed E-state index contributed by atoms with van der Waals surface area (Å²) in [6.45, 7) is 4.70. The molecule has 0 aromatic carbocycles. The van der Waals surface area contributed by atoms with Gasteiger partial charge in [-0.2, -0.15) is 0 Å². The molecule has 0 spiro atoms. The van der Waals surface area contributed by atoms with Crippen LogP contribution >= 0.6 is 0 Å². The van der Waals surface area contributed by atoms with Crippen molar-refractivity contribution in [2.75, 3.05) is 19.7 Å². The van der Waals surface area contributed by atoms with Gasteiger partial charge >= 0.3 is 5.97 Å². The van der Waals surface area contributed by atoms with Crippen LogP contribution in [0.2, 0.25) is 0 Å². The fraction of sp³-hybridized carbons (Fsp3) is 0.900. The van der Waals surface area contributed by atoms with Gasteiger partial charge in [-0.15, -0.1) is 0 Å². The molecule has 0 unspecified atom stereocenters. The molecule has 1 N–H and O–H groups in total. The highest BCUT2D eigenvalue weighted by molar-refractivity contribution is 5.69. The molecular weight excluding hydrogens is 166 g/mol. The molecule has 3 nitrogen and oxygen atoms in total. The Labute approximate surface area is 79.8 Å². The van der Waals surface area contributed by atoms with E-state index in [2.05, 4.69) is 5.32 Å². The molecule has 0 aromatic heterocycles. The van der Waals surface area contributed by atoms with Gasteiger partial charge < -0.3 is 10.1 Å². The Balaban J connectivity index is 2.06. The van der Waals surface area contributed by atoms with Crippen molar-refractivity contribution in [2.24, 2.45) is 5.92 Å². The van der Waals surface area contributed by atoms with Gasteiger partial charge in [0.2, 0.25) is 0 Å². The Kier molecular flexibility index (Phi) is 4.83. The fourth-order valence-corrected chi connectivity index (χ4v) is 1.55. The van der Waals surface area contributed by atoms with E-state index in [1.165, 1.54) is 12.8 Å². The number of carbonyl (C=O) groups is 1. The van der Waals surface area contributed by atoms with Crippen molar-refractivity contribution in [1.29, 1.82) is 0 Å². The molecule has 1 aliphatic heterocycles. The molecule has 0 aromatic rings. The molecule has 0 bridgehead atoms. The third-order valence-electron chi connectivity index (χ3n) is 2.33. The van der Waals surface area contributed by atoms with Crippen molar-refractivity contribution >= 4 is 5.97 Å². The number of nitrogens with one attached hydrogen (secondary N) is 1. The molecule has 76 valence electrons. The van der Waals surface area contributed by atoms with Crippen molar-refractivity contribution in [2.45, 2.75) is 32.6 Å². The van der Waals surface area contributed by atoms with E-state index in [1.807, 2.05) is 6.92 Å². The Morgan fingerprint density at radius 1 is 1.62 bits per heavy atom. The second kappa shape index (κ2) is 5.97. The predicted molar refractivity (Wildman–Crippen MR) is 51.5 cm³/mol. The minimum atomic E-state index is -0.0481. The van der Waals surface area contributed by atoms with Crippen LogP contribution in [0.4, 0.5) is 0 Å². The van der Waals surface area contributed by atoms with E-state index in [4.69, 9.17) is 4.74 Å². The molecule has 0 aliphatic carbocycles. The van der Waals surface area contributed by atoms with E-state index < -0.39 is 0 Å². The minimum Gasteiger partial charge on any atom is -0.465 e. The molecule has 1 fully saturated rings. The molecule has 1 aliphatic rings. The van der Waals surface area contributed by atoms with E-state index in [0.29, 0.717) is 18.9 Å². The first-order valence-electron chi connectivity index (χ1n) is 5.19. The molecular formula is C10H19NO2. The Bertz CT molecular complexity index is 153. The predicted octanol–water partition coefficient (Wildman–Crippen LogP) is 1.33. The van der Waals surface area contributed by atoms with Crippen LogP contribution in [0, 0.1) is 5.92 Å². The number of esters is 1. The zero-order chi connectivity index (χ0) is 9.52. The molecule has 1 heterocycles. The Hall–Kier alpha value is -0.570. The molecule has 0 radical (unpaired) electrons. The van der Waals surface area contributed by atoms with Gasteiger partial charge in [-0.3, -0.25) is 4.79 Å². The molecule has 0 amide bonds. The first-order valence-corrected chi connectivity index (χ1v) is 5.19. The van der Waals surface area contributed by atoms with Gasteiger partial charge in [0.15, 0.2) is 0 Å². The topological polar surface area (TPSA) is 38.3 Å². The molecule has 1 atom stereocenters. The lowest BCUT2D eigenvalue weighted by Gasteiger charge is -2.22. The van der Waals surface area contributed by atoms with Gasteiger partial charge in [0.25, 0.3) is 0 Å². The maximum atomic E-state index is 11.0. The summed E-state index contributed by atoms with van der Waals surface area (Å²) in [4.78, 5) is 11.0. The number of hydrogen-bond donors (Lipinski definition) is 1. The average molecular weight is 185 g/mol. The van der Waals surface area contributed by atoms with Crippen LogP contribution in [0.3, 0.4) is 0 Å². The SMILES string of the molecule is CCCC(=O)OC[C@@H]1CCCNC1. The number of ether oxygens (including phenoxy) is 1. The first kappa shape index (κ1) is 10.5. The van der Waals surface area contributed by atoms with Gasteiger partial charge in [0.05, 0.1) is 6.61 Å². The lowest BCUT2D eigenvalue weighted by Crippen LogP contribution is -2.32. The van der Waals surface area contributed by atoms with Gasteiger partial charge in [-0.1, -0.05) is 6.92 Å². The summed E-state index contributed by atoms with van der Waals surface area (Å²) in [6, 6.07) is 0. The largest absolute Gasteiger partial charge is 0.465 e. The van der Waals surface area contributed by atoms with Crippen molar-refractivity contribution in [3.8, 4) is 0 Å². The number of carbonyl (C=O) groups excluding carboxylic acids is 1. The zero-order valence-electron chi connectivity index (χ0n) is 8.34. The fourth-order valence-electron chi connectivity index (χ4n) is 1.55. The minimum absolute atomic E-state index is 0.0481. The van der Waals surface area contributed by atoms with Crippen molar-refractivity contribution < 1.29 is 9.53 Å². The van der Waals surface area contributed by atoms with Crippen LogP contribution in [-0.4, -0.2) is 25.7 Å². The zero-order valence-corrected chi connectivity index (χ0v) is 8.34. The molecule has 1 rings (SSSR count). The summed E-state index contributed by atoms with van der Waals surface area (Å²) >= 11 is 0. The van der Waals surface area contributed by atoms with Gasteiger partial charge in [0.1, 0.15) is 0 Å². The Morgan fingerprint density at radius 3 is 3.08 bits per heavy atom. The first-order chi connectivity index (χ1) is 6.33. The van der Waals surface area contributed by atoms with E-state index in [0.717, 1.165) is 19.5 Å². The quantitative estimate of drug-likeness (QED) is 0.671. The third kappa shape index (κ3) is 4.27. The standard InChI is InChI=1S/C10H19NO2/c1-2-4-10(12)13-8-9-5-3-6-11-7-9/h9,11H,2-8H2,1H3/t9-/m1/s1. The van der Waals surface area contributed by atoms with Gasteiger partial charge in [-0.05, 0) is 25.8 Å². The highest BCUT2D eigenvalue weighted by atomic mass is 16.5. The summed E-state index contributed by atoms with van der Waals surface area (Å²) < 4.78 is 5.14. The van der Waals surface area contributed by atoms with E-state index in [-0.39, 0.29) is 5.97 Å². The second-order valence-electron chi connectivity index (χ2n) is 3.65. The smallest absolute Gasteiger partial charge is 0.305 e. The summed E-state index contributed by atoms with van der Waals surface area (Å²) in [6.07, 6.45) is 3.82. The maximum Gasteiger partial charge on any atom is 0.305 e. The number of rotatable bonds is 4. The van der Waals surface area contributed by atoms with Gasteiger partial charge in [-0.25, -0.2) is 0 Å². The van der Waals surface area contributed by atoms with Crippen LogP contribution < -0.4 is 5.32 Å².